The fraction of sp³-hybridized carbons (Fsp3) is 0.833. The zero-order valence-corrected chi connectivity index (χ0v) is 12.1. The van der Waals surface area contributed by atoms with Crippen LogP contribution < -0.4 is 5.32 Å². The Bertz CT molecular complexity index is 451. The van der Waals surface area contributed by atoms with Gasteiger partial charge in [0.15, 0.2) is 9.84 Å². The quantitative estimate of drug-likeness (QED) is 0.745. The van der Waals surface area contributed by atoms with Gasteiger partial charge in [-0.05, 0) is 18.8 Å². The molecule has 1 amide bonds. The number of hydrogen-bond donors (Lipinski definition) is 2. The highest BCUT2D eigenvalue weighted by Crippen LogP contribution is 2.36. The summed E-state index contributed by atoms with van der Waals surface area (Å²) < 4.78 is 22.4. The predicted octanol–water partition coefficient (Wildman–Crippen LogP) is 0.571. The molecule has 19 heavy (non-hydrogen) atoms. The molecule has 1 atom stereocenters. The summed E-state index contributed by atoms with van der Waals surface area (Å²) in [4.78, 5) is 22.7. The summed E-state index contributed by atoms with van der Waals surface area (Å²) in [6.07, 6.45) is 3.21. The van der Waals surface area contributed by atoms with Gasteiger partial charge in [-0.15, -0.1) is 0 Å². The number of rotatable bonds is 6. The van der Waals surface area contributed by atoms with Crippen molar-refractivity contribution in [3.8, 4) is 0 Å². The van der Waals surface area contributed by atoms with E-state index in [9.17, 15) is 18.0 Å². The van der Waals surface area contributed by atoms with E-state index in [0.29, 0.717) is 12.8 Å². The molecule has 0 spiro atoms. The van der Waals surface area contributed by atoms with Gasteiger partial charge in [0.05, 0.1) is 0 Å². The third-order valence-corrected chi connectivity index (χ3v) is 5.68. The zero-order valence-electron chi connectivity index (χ0n) is 11.3. The molecule has 7 heteroatoms. The van der Waals surface area contributed by atoms with E-state index in [1.807, 2.05) is 0 Å². The Balaban J connectivity index is 2.68. The molecule has 1 fully saturated rings. The lowest BCUT2D eigenvalue weighted by Crippen LogP contribution is -2.51. The smallest absolute Gasteiger partial charge is 0.303 e. The highest BCUT2D eigenvalue weighted by molar-refractivity contribution is 7.92. The SMILES string of the molecule is CC(CNC(=O)C1(S(C)(=O)=O)CCCC1)CC(=O)O. The molecule has 2 N–H and O–H groups in total. The lowest BCUT2D eigenvalue weighted by atomic mass is 10.0. The summed E-state index contributed by atoms with van der Waals surface area (Å²) in [6.45, 7) is 1.89. The number of amides is 1. The first-order valence-corrected chi connectivity index (χ1v) is 8.28. The topological polar surface area (TPSA) is 101 Å². The van der Waals surface area contributed by atoms with Gasteiger partial charge in [-0.25, -0.2) is 8.42 Å². The van der Waals surface area contributed by atoms with Gasteiger partial charge in [-0.1, -0.05) is 19.8 Å². The van der Waals surface area contributed by atoms with Crippen LogP contribution in [0, 0.1) is 5.92 Å². The molecule has 0 bridgehead atoms. The number of carboxylic acid groups (broad SMARTS) is 1. The Labute approximate surface area is 113 Å². The molecular weight excluding hydrogens is 270 g/mol. The van der Waals surface area contributed by atoms with Crippen LogP contribution in [0.3, 0.4) is 0 Å². The van der Waals surface area contributed by atoms with E-state index >= 15 is 0 Å². The molecule has 1 aliphatic carbocycles. The van der Waals surface area contributed by atoms with Crippen LogP contribution in [0.15, 0.2) is 0 Å². The second-order valence-electron chi connectivity index (χ2n) is 5.39. The van der Waals surface area contributed by atoms with Crippen molar-refractivity contribution in [3.05, 3.63) is 0 Å². The third-order valence-electron chi connectivity index (χ3n) is 3.67. The summed E-state index contributed by atoms with van der Waals surface area (Å²) in [5.74, 6) is -1.63. The average Bonchev–Trinajstić information content (AvgIpc) is 2.74. The molecule has 1 saturated carbocycles. The van der Waals surface area contributed by atoms with E-state index in [-0.39, 0.29) is 18.9 Å². The molecule has 0 aromatic heterocycles. The van der Waals surface area contributed by atoms with E-state index < -0.39 is 26.5 Å². The molecule has 0 aliphatic heterocycles. The fourth-order valence-corrected chi connectivity index (χ4v) is 3.95. The first-order chi connectivity index (χ1) is 8.69. The van der Waals surface area contributed by atoms with Gasteiger partial charge in [0.1, 0.15) is 4.75 Å². The van der Waals surface area contributed by atoms with Crippen molar-refractivity contribution < 1.29 is 23.1 Å². The van der Waals surface area contributed by atoms with Crippen LogP contribution in [-0.4, -0.2) is 42.9 Å². The second-order valence-corrected chi connectivity index (χ2v) is 7.71. The molecule has 1 aliphatic rings. The molecule has 0 aromatic carbocycles. The average molecular weight is 291 g/mol. The maximum Gasteiger partial charge on any atom is 0.303 e. The first kappa shape index (κ1) is 15.9. The number of aliphatic carboxylic acids is 1. The summed E-state index contributed by atoms with van der Waals surface area (Å²) >= 11 is 0. The molecule has 1 rings (SSSR count). The number of carbonyl (C=O) groups excluding carboxylic acids is 1. The second kappa shape index (κ2) is 5.90. The van der Waals surface area contributed by atoms with E-state index in [1.165, 1.54) is 0 Å². The van der Waals surface area contributed by atoms with Gasteiger partial charge in [0.2, 0.25) is 5.91 Å². The Morgan fingerprint density at radius 2 is 1.84 bits per heavy atom. The molecule has 0 heterocycles. The number of sulfone groups is 1. The molecule has 1 unspecified atom stereocenters. The largest absolute Gasteiger partial charge is 0.481 e. The van der Waals surface area contributed by atoms with Crippen LogP contribution in [0.5, 0.6) is 0 Å². The van der Waals surface area contributed by atoms with Gasteiger partial charge in [0, 0.05) is 19.2 Å². The van der Waals surface area contributed by atoms with Gasteiger partial charge in [0.25, 0.3) is 0 Å². The maximum atomic E-state index is 12.2. The Morgan fingerprint density at radius 3 is 2.26 bits per heavy atom. The van der Waals surface area contributed by atoms with Gasteiger partial charge >= 0.3 is 5.97 Å². The van der Waals surface area contributed by atoms with Gasteiger partial charge < -0.3 is 10.4 Å². The Kier molecular flexibility index (Phi) is 4.95. The number of carbonyl (C=O) groups is 2. The highest BCUT2D eigenvalue weighted by atomic mass is 32.2. The van der Waals surface area contributed by atoms with Crippen molar-refractivity contribution in [2.24, 2.45) is 5.92 Å². The van der Waals surface area contributed by atoms with Gasteiger partial charge in [-0.2, -0.15) is 0 Å². The predicted molar refractivity (Wildman–Crippen MR) is 70.5 cm³/mol. The lowest BCUT2D eigenvalue weighted by molar-refractivity contribution is -0.138. The van der Waals surface area contributed by atoms with Gasteiger partial charge in [-0.3, -0.25) is 9.59 Å². The normalized spacial score (nSPS) is 19.9. The summed E-state index contributed by atoms with van der Waals surface area (Å²) in [5, 5.41) is 11.2. The van der Waals surface area contributed by atoms with Crippen LogP contribution >= 0.6 is 0 Å². The number of carboxylic acids is 1. The van der Waals surface area contributed by atoms with Crippen molar-refractivity contribution in [1.82, 2.24) is 5.32 Å². The monoisotopic (exact) mass is 291 g/mol. The van der Waals surface area contributed by atoms with Crippen molar-refractivity contribution in [2.45, 2.75) is 43.8 Å². The van der Waals surface area contributed by atoms with Crippen LogP contribution in [-0.2, 0) is 19.4 Å². The summed E-state index contributed by atoms with van der Waals surface area (Å²) in [6, 6.07) is 0. The van der Waals surface area contributed by atoms with E-state index in [4.69, 9.17) is 5.11 Å². The van der Waals surface area contributed by atoms with Crippen molar-refractivity contribution in [2.75, 3.05) is 12.8 Å². The Hall–Kier alpha value is -1.11. The number of nitrogens with one attached hydrogen (secondary N) is 1. The van der Waals surface area contributed by atoms with E-state index in [0.717, 1.165) is 19.1 Å². The van der Waals surface area contributed by atoms with Crippen LogP contribution in [0.2, 0.25) is 0 Å². The summed E-state index contributed by atoms with van der Waals surface area (Å²) in [7, 11) is -3.46. The van der Waals surface area contributed by atoms with E-state index in [2.05, 4.69) is 5.32 Å². The minimum Gasteiger partial charge on any atom is -0.481 e. The zero-order chi connectivity index (χ0) is 14.7. The number of hydrogen-bond acceptors (Lipinski definition) is 4. The molecule has 110 valence electrons. The van der Waals surface area contributed by atoms with Crippen molar-refractivity contribution in [3.63, 3.8) is 0 Å². The molecule has 0 aromatic rings. The van der Waals surface area contributed by atoms with E-state index in [1.54, 1.807) is 6.92 Å². The minimum absolute atomic E-state index is 0.0494. The minimum atomic E-state index is -3.46. The molecular formula is C12H21NO5S. The molecule has 0 radical (unpaired) electrons. The van der Waals surface area contributed by atoms with Crippen LogP contribution in [0.1, 0.15) is 39.0 Å². The van der Waals surface area contributed by atoms with Crippen LogP contribution in [0.25, 0.3) is 0 Å². The first-order valence-electron chi connectivity index (χ1n) is 6.39. The standard InChI is InChI=1S/C12H21NO5S/c1-9(7-10(14)15)8-13-11(16)12(19(2,17)18)5-3-4-6-12/h9H,3-8H2,1-2H3,(H,13,16)(H,14,15). The maximum absolute atomic E-state index is 12.2. The molecule has 6 nitrogen and oxygen atoms in total. The highest BCUT2D eigenvalue weighted by Gasteiger charge is 2.49. The van der Waals surface area contributed by atoms with Crippen LogP contribution in [0.4, 0.5) is 0 Å². The summed E-state index contributed by atoms with van der Waals surface area (Å²) in [5.41, 5.74) is 0. The fourth-order valence-electron chi connectivity index (χ4n) is 2.51. The molecule has 0 saturated heterocycles. The van der Waals surface area contributed by atoms with Crippen molar-refractivity contribution >= 4 is 21.7 Å². The Morgan fingerprint density at radius 1 is 1.32 bits per heavy atom. The van der Waals surface area contributed by atoms with Crippen molar-refractivity contribution in [1.29, 1.82) is 0 Å². The lowest BCUT2D eigenvalue weighted by Gasteiger charge is -2.26. The third kappa shape index (κ3) is 3.68.